The summed E-state index contributed by atoms with van der Waals surface area (Å²) in [4.78, 5) is -0.263. The quantitative estimate of drug-likeness (QED) is 0.323. The van der Waals surface area contributed by atoms with E-state index in [0.717, 1.165) is 6.61 Å². The average Bonchev–Trinajstić information content (AvgIpc) is 2.14. The zero-order chi connectivity index (χ0) is 11.6. The smallest absolute Gasteiger partial charge is 0.105 e. The second kappa shape index (κ2) is 9.53. The van der Waals surface area contributed by atoms with Crippen molar-refractivity contribution in [1.29, 1.82) is 0 Å². The number of hydrogen-bond acceptors (Lipinski definition) is 2. The molecular formula is C13H28OS. The molecule has 0 radical (unpaired) electrons. The number of hydrogen-bond donors (Lipinski definition) is 1. The molecule has 92 valence electrons. The Hall–Kier alpha value is 0.310. The maximum absolute atomic E-state index is 5.54. The fourth-order valence-corrected chi connectivity index (χ4v) is 1.65. The monoisotopic (exact) mass is 232 g/mol. The van der Waals surface area contributed by atoms with Crippen LogP contribution in [0.1, 0.15) is 72.1 Å². The molecule has 0 aromatic heterocycles. The summed E-state index contributed by atoms with van der Waals surface area (Å²) < 4.78 is 5.54. The Labute approximate surface area is 101 Å². The van der Waals surface area contributed by atoms with Gasteiger partial charge in [-0.15, -0.1) is 12.6 Å². The van der Waals surface area contributed by atoms with Crippen molar-refractivity contribution >= 4 is 12.6 Å². The second-order valence-electron chi connectivity index (χ2n) is 4.77. The molecule has 15 heavy (non-hydrogen) atoms. The molecule has 0 aliphatic heterocycles. The molecule has 0 aliphatic rings. The lowest BCUT2D eigenvalue weighted by atomic mass is 10.1. The van der Waals surface area contributed by atoms with Crippen LogP contribution in [0.3, 0.4) is 0 Å². The minimum absolute atomic E-state index is 0.263. The molecule has 0 spiro atoms. The van der Waals surface area contributed by atoms with Gasteiger partial charge >= 0.3 is 0 Å². The SMILES string of the molecule is CCCCCCCCCCOC(C)(C)S. The number of ether oxygens (including phenoxy) is 1. The first-order valence-electron chi connectivity index (χ1n) is 6.42. The van der Waals surface area contributed by atoms with Crippen molar-refractivity contribution in [3.63, 3.8) is 0 Å². The average molecular weight is 232 g/mol. The van der Waals surface area contributed by atoms with Crippen LogP contribution in [0.4, 0.5) is 0 Å². The molecule has 0 saturated heterocycles. The fraction of sp³-hybridized carbons (Fsp3) is 1.00. The van der Waals surface area contributed by atoms with Crippen LogP contribution in [-0.4, -0.2) is 11.5 Å². The summed E-state index contributed by atoms with van der Waals surface area (Å²) in [5, 5.41) is 0. The van der Waals surface area contributed by atoms with Crippen LogP contribution in [0.5, 0.6) is 0 Å². The van der Waals surface area contributed by atoms with Crippen LogP contribution in [0.25, 0.3) is 0 Å². The molecule has 0 aromatic rings. The normalized spacial score (nSPS) is 12.0. The van der Waals surface area contributed by atoms with Crippen LogP contribution >= 0.6 is 12.6 Å². The first-order valence-corrected chi connectivity index (χ1v) is 6.87. The van der Waals surface area contributed by atoms with Gasteiger partial charge in [0.15, 0.2) is 0 Å². The molecule has 0 aliphatic carbocycles. The van der Waals surface area contributed by atoms with Crippen molar-refractivity contribution in [2.24, 2.45) is 0 Å². The molecule has 0 bridgehead atoms. The van der Waals surface area contributed by atoms with Gasteiger partial charge in [-0.05, 0) is 20.3 Å². The predicted molar refractivity (Wildman–Crippen MR) is 71.6 cm³/mol. The molecule has 0 atom stereocenters. The number of thiol groups is 1. The van der Waals surface area contributed by atoms with Crippen LogP contribution < -0.4 is 0 Å². The Kier molecular flexibility index (Phi) is 9.73. The van der Waals surface area contributed by atoms with Gasteiger partial charge in [-0.25, -0.2) is 0 Å². The van der Waals surface area contributed by atoms with Crippen molar-refractivity contribution < 1.29 is 4.74 Å². The van der Waals surface area contributed by atoms with Crippen molar-refractivity contribution in [1.82, 2.24) is 0 Å². The van der Waals surface area contributed by atoms with Gasteiger partial charge in [-0.2, -0.15) is 0 Å². The lowest BCUT2D eigenvalue weighted by Crippen LogP contribution is -2.16. The number of unbranched alkanes of at least 4 members (excludes halogenated alkanes) is 7. The summed E-state index contributed by atoms with van der Waals surface area (Å²) in [6.07, 6.45) is 10.8. The highest BCUT2D eigenvalue weighted by atomic mass is 32.1. The molecule has 0 rings (SSSR count). The van der Waals surface area contributed by atoms with Gasteiger partial charge in [0.05, 0.1) is 0 Å². The third kappa shape index (κ3) is 14.3. The Morgan fingerprint density at radius 1 is 0.867 bits per heavy atom. The summed E-state index contributed by atoms with van der Waals surface area (Å²) in [6.45, 7) is 7.09. The van der Waals surface area contributed by atoms with E-state index >= 15 is 0 Å². The first kappa shape index (κ1) is 15.3. The van der Waals surface area contributed by atoms with Gasteiger partial charge in [0.25, 0.3) is 0 Å². The van der Waals surface area contributed by atoms with E-state index in [1.54, 1.807) is 0 Å². The van der Waals surface area contributed by atoms with E-state index in [4.69, 9.17) is 4.74 Å². The molecule has 0 amide bonds. The van der Waals surface area contributed by atoms with E-state index < -0.39 is 0 Å². The predicted octanol–water partition coefficient (Wildman–Crippen LogP) is 4.81. The van der Waals surface area contributed by atoms with E-state index in [1.165, 1.54) is 51.4 Å². The molecule has 2 heteroatoms. The minimum atomic E-state index is -0.263. The van der Waals surface area contributed by atoms with Crippen molar-refractivity contribution in [2.45, 2.75) is 77.1 Å². The second-order valence-corrected chi connectivity index (χ2v) is 5.85. The highest BCUT2D eigenvalue weighted by molar-refractivity contribution is 7.81. The Morgan fingerprint density at radius 2 is 1.33 bits per heavy atom. The zero-order valence-electron chi connectivity index (χ0n) is 10.7. The summed E-state index contributed by atoms with van der Waals surface area (Å²) in [5.41, 5.74) is 0. The lowest BCUT2D eigenvalue weighted by molar-refractivity contribution is 0.0514. The van der Waals surface area contributed by atoms with Gasteiger partial charge < -0.3 is 4.74 Å². The molecule has 1 nitrogen and oxygen atoms in total. The summed E-state index contributed by atoms with van der Waals surface area (Å²) in [7, 11) is 0. The standard InChI is InChI=1S/C13H28OS/c1-4-5-6-7-8-9-10-11-12-14-13(2,3)15/h15H,4-12H2,1-3H3. The van der Waals surface area contributed by atoms with E-state index in [0.29, 0.717) is 0 Å². The van der Waals surface area contributed by atoms with E-state index in [-0.39, 0.29) is 4.93 Å². The van der Waals surface area contributed by atoms with Crippen LogP contribution in [0, 0.1) is 0 Å². The van der Waals surface area contributed by atoms with Crippen molar-refractivity contribution in [3.8, 4) is 0 Å². The molecule has 0 N–H and O–H groups in total. The summed E-state index contributed by atoms with van der Waals surface area (Å²) in [6, 6.07) is 0. The largest absolute Gasteiger partial charge is 0.365 e. The molecule has 0 heterocycles. The minimum Gasteiger partial charge on any atom is -0.365 e. The van der Waals surface area contributed by atoms with Crippen molar-refractivity contribution in [2.75, 3.05) is 6.61 Å². The topological polar surface area (TPSA) is 9.23 Å². The van der Waals surface area contributed by atoms with Crippen LogP contribution in [0.2, 0.25) is 0 Å². The molecule has 0 saturated carbocycles. The van der Waals surface area contributed by atoms with Gasteiger partial charge in [-0.3, -0.25) is 0 Å². The van der Waals surface area contributed by atoms with Crippen LogP contribution in [0.15, 0.2) is 0 Å². The summed E-state index contributed by atoms with van der Waals surface area (Å²) in [5.74, 6) is 0. The molecule has 0 fully saturated rings. The molecule has 0 aromatic carbocycles. The van der Waals surface area contributed by atoms with Crippen LogP contribution in [-0.2, 0) is 4.74 Å². The van der Waals surface area contributed by atoms with E-state index in [2.05, 4.69) is 19.6 Å². The van der Waals surface area contributed by atoms with Crippen molar-refractivity contribution in [3.05, 3.63) is 0 Å². The number of rotatable bonds is 10. The highest BCUT2D eigenvalue weighted by Crippen LogP contribution is 2.15. The van der Waals surface area contributed by atoms with Gasteiger partial charge in [0, 0.05) is 6.61 Å². The Morgan fingerprint density at radius 3 is 1.80 bits per heavy atom. The van der Waals surface area contributed by atoms with E-state index in [1.807, 2.05) is 13.8 Å². The summed E-state index contributed by atoms with van der Waals surface area (Å²) >= 11 is 4.31. The maximum atomic E-state index is 5.54. The maximum Gasteiger partial charge on any atom is 0.105 e. The lowest BCUT2D eigenvalue weighted by Gasteiger charge is -2.18. The Bertz CT molecular complexity index is 129. The highest BCUT2D eigenvalue weighted by Gasteiger charge is 2.09. The molecular weight excluding hydrogens is 204 g/mol. The molecule has 0 unspecified atom stereocenters. The van der Waals surface area contributed by atoms with E-state index in [9.17, 15) is 0 Å². The Balaban J connectivity index is 2.99. The third-order valence-electron chi connectivity index (χ3n) is 2.45. The zero-order valence-corrected chi connectivity index (χ0v) is 11.6. The van der Waals surface area contributed by atoms with Gasteiger partial charge in [0.1, 0.15) is 4.93 Å². The van der Waals surface area contributed by atoms with Gasteiger partial charge in [-0.1, -0.05) is 51.9 Å². The first-order chi connectivity index (χ1) is 7.06. The van der Waals surface area contributed by atoms with Gasteiger partial charge in [0.2, 0.25) is 0 Å². The fourth-order valence-electron chi connectivity index (χ4n) is 1.56. The third-order valence-corrected chi connectivity index (χ3v) is 2.58.